The van der Waals surface area contributed by atoms with Gasteiger partial charge in [0.15, 0.2) is 0 Å². The zero-order valence-electron chi connectivity index (χ0n) is 13.1. The maximum Gasteiger partial charge on any atom is 0.265 e. The van der Waals surface area contributed by atoms with Crippen molar-refractivity contribution < 1.29 is 17.9 Å². The van der Waals surface area contributed by atoms with E-state index in [1.807, 2.05) is 13.8 Å². The first-order chi connectivity index (χ1) is 10.7. The molecule has 1 amide bonds. The lowest BCUT2D eigenvalue weighted by Crippen LogP contribution is -2.15. The molecule has 0 atom stereocenters. The first-order valence-corrected chi connectivity index (χ1v) is 8.31. The number of anilines is 1. The fourth-order valence-electron chi connectivity index (χ4n) is 2.05. The van der Waals surface area contributed by atoms with E-state index >= 15 is 0 Å². The summed E-state index contributed by atoms with van der Waals surface area (Å²) in [6.07, 6.45) is 0. The normalized spacial score (nSPS) is 11.1. The SMILES string of the molecule is COc1cc(C)c(C)cc1S(=O)(=O)Nc1ccc(C(N)=O)cc1. The molecule has 0 saturated carbocycles. The summed E-state index contributed by atoms with van der Waals surface area (Å²) in [5, 5.41) is 0. The standard InChI is InChI=1S/C16H18N2O4S/c1-10-8-14(22-3)15(9-11(10)2)23(20,21)18-13-6-4-12(5-7-13)16(17)19/h4-9,18H,1-3H3,(H2,17,19). The van der Waals surface area contributed by atoms with Crippen molar-refractivity contribution in [1.82, 2.24) is 0 Å². The fraction of sp³-hybridized carbons (Fsp3) is 0.188. The van der Waals surface area contributed by atoms with Crippen LogP contribution in [-0.2, 0) is 10.0 Å². The molecular formula is C16H18N2O4S. The zero-order chi connectivity index (χ0) is 17.2. The lowest BCUT2D eigenvalue weighted by Gasteiger charge is -2.14. The van der Waals surface area contributed by atoms with Gasteiger partial charge in [-0.1, -0.05) is 0 Å². The van der Waals surface area contributed by atoms with Crippen LogP contribution in [0.25, 0.3) is 0 Å². The van der Waals surface area contributed by atoms with E-state index in [0.29, 0.717) is 11.3 Å². The summed E-state index contributed by atoms with van der Waals surface area (Å²) in [4.78, 5) is 11.1. The van der Waals surface area contributed by atoms with Gasteiger partial charge in [-0.2, -0.15) is 0 Å². The van der Waals surface area contributed by atoms with Crippen LogP contribution >= 0.6 is 0 Å². The van der Waals surface area contributed by atoms with Crippen LogP contribution in [-0.4, -0.2) is 21.4 Å². The Morgan fingerprint density at radius 2 is 1.65 bits per heavy atom. The smallest absolute Gasteiger partial charge is 0.265 e. The van der Waals surface area contributed by atoms with E-state index < -0.39 is 15.9 Å². The van der Waals surface area contributed by atoms with Gasteiger partial charge in [0.2, 0.25) is 5.91 Å². The van der Waals surface area contributed by atoms with Crippen molar-refractivity contribution in [2.24, 2.45) is 5.73 Å². The highest BCUT2D eigenvalue weighted by Gasteiger charge is 2.21. The lowest BCUT2D eigenvalue weighted by atomic mass is 10.1. The third-order valence-corrected chi connectivity index (χ3v) is 4.89. The van der Waals surface area contributed by atoms with Gasteiger partial charge in [-0.05, 0) is 61.4 Å². The Morgan fingerprint density at radius 1 is 1.09 bits per heavy atom. The number of nitrogens with two attached hydrogens (primary N) is 1. The average molecular weight is 334 g/mol. The monoisotopic (exact) mass is 334 g/mol. The average Bonchev–Trinajstić information content (AvgIpc) is 2.49. The number of aryl methyl sites for hydroxylation is 2. The number of carbonyl (C=O) groups excluding carboxylic acids is 1. The van der Waals surface area contributed by atoms with Crippen molar-refractivity contribution >= 4 is 21.6 Å². The summed E-state index contributed by atoms with van der Waals surface area (Å²) in [6.45, 7) is 3.71. The van der Waals surface area contributed by atoms with Gasteiger partial charge in [-0.15, -0.1) is 0 Å². The summed E-state index contributed by atoms with van der Waals surface area (Å²) >= 11 is 0. The van der Waals surface area contributed by atoms with E-state index in [-0.39, 0.29) is 10.6 Å². The highest BCUT2D eigenvalue weighted by atomic mass is 32.2. The van der Waals surface area contributed by atoms with Gasteiger partial charge in [-0.3, -0.25) is 9.52 Å². The largest absolute Gasteiger partial charge is 0.495 e. The van der Waals surface area contributed by atoms with Crippen molar-refractivity contribution in [1.29, 1.82) is 0 Å². The van der Waals surface area contributed by atoms with Gasteiger partial charge in [0.1, 0.15) is 10.6 Å². The summed E-state index contributed by atoms with van der Waals surface area (Å²) in [7, 11) is -2.40. The molecule has 3 N–H and O–H groups in total. The zero-order valence-corrected chi connectivity index (χ0v) is 13.9. The third kappa shape index (κ3) is 3.62. The van der Waals surface area contributed by atoms with Gasteiger partial charge in [-0.25, -0.2) is 8.42 Å². The minimum Gasteiger partial charge on any atom is -0.495 e. The number of hydrogen-bond acceptors (Lipinski definition) is 4. The van der Waals surface area contributed by atoms with Gasteiger partial charge in [0.05, 0.1) is 7.11 Å². The van der Waals surface area contributed by atoms with Crippen LogP contribution < -0.4 is 15.2 Å². The van der Waals surface area contributed by atoms with E-state index in [9.17, 15) is 13.2 Å². The summed E-state index contributed by atoms with van der Waals surface area (Å²) in [5.74, 6) is -0.301. The van der Waals surface area contributed by atoms with E-state index in [1.54, 1.807) is 12.1 Å². The first-order valence-electron chi connectivity index (χ1n) is 6.82. The number of methoxy groups -OCH3 is 1. The molecule has 6 nitrogen and oxygen atoms in total. The number of nitrogens with one attached hydrogen (secondary N) is 1. The van der Waals surface area contributed by atoms with Gasteiger partial charge in [0, 0.05) is 11.3 Å². The van der Waals surface area contributed by atoms with Crippen molar-refractivity contribution in [3.05, 3.63) is 53.1 Å². The van der Waals surface area contributed by atoms with Crippen molar-refractivity contribution in [3.63, 3.8) is 0 Å². The number of sulfonamides is 1. The van der Waals surface area contributed by atoms with Gasteiger partial charge >= 0.3 is 0 Å². The predicted molar refractivity (Wildman–Crippen MR) is 88.2 cm³/mol. The molecule has 0 spiro atoms. The molecule has 7 heteroatoms. The second-order valence-corrected chi connectivity index (χ2v) is 6.79. The van der Waals surface area contributed by atoms with Crippen LogP contribution in [0.1, 0.15) is 21.5 Å². The minimum absolute atomic E-state index is 0.0575. The van der Waals surface area contributed by atoms with Crippen LogP contribution in [0.4, 0.5) is 5.69 Å². The minimum atomic E-state index is -3.82. The number of benzene rings is 2. The quantitative estimate of drug-likeness (QED) is 0.876. The Bertz CT molecular complexity index is 843. The number of primary amides is 1. The van der Waals surface area contributed by atoms with Gasteiger partial charge in [0.25, 0.3) is 10.0 Å². The molecule has 2 aromatic rings. The van der Waals surface area contributed by atoms with E-state index in [2.05, 4.69) is 4.72 Å². The Balaban J connectivity index is 2.39. The molecule has 23 heavy (non-hydrogen) atoms. The number of carbonyl (C=O) groups is 1. The number of rotatable bonds is 5. The Kier molecular flexibility index (Phi) is 4.60. The molecule has 0 aromatic heterocycles. The molecule has 0 aliphatic heterocycles. The highest BCUT2D eigenvalue weighted by molar-refractivity contribution is 7.92. The van der Waals surface area contributed by atoms with E-state index in [4.69, 9.17) is 10.5 Å². The molecule has 122 valence electrons. The first kappa shape index (κ1) is 16.8. The summed E-state index contributed by atoms with van der Waals surface area (Å²) in [5.41, 5.74) is 7.57. The van der Waals surface area contributed by atoms with Crippen LogP contribution in [0.5, 0.6) is 5.75 Å². The maximum atomic E-state index is 12.6. The van der Waals surface area contributed by atoms with Crippen molar-refractivity contribution in [3.8, 4) is 5.75 Å². The van der Waals surface area contributed by atoms with E-state index in [0.717, 1.165) is 11.1 Å². The number of hydrogen-bond donors (Lipinski definition) is 2. The molecule has 2 rings (SSSR count). The fourth-order valence-corrected chi connectivity index (χ4v) is 3.34. The second kappa shape index (κ2) is 6.29. The number of amides is 1. The lowest BCUT2D eigenvalue weighted by molar-refractivity contribution is 0.100. The van der Waals surface area contributed by atoms with E-state index in [1.165, 1.54) is 31.4 Å². The maximum absolute atomic E-state index is 12.6. The van der Waals surface area contributed by atoms with Gasteiger partial charge < -0.3 is 10.5 Å². The molecule has 0 heterocycles. The Hall–Kier alpha value is -2.54. The number of ether oxygens (including phenoxy) is 1. The second-order valence-electron chi connectivity index (χ2n) is 5.13. The third-order valence-electron chi connectivity index (χ3n) is 3.49. The molecule has 0 unspecified atom stereocenters. The molecule has 0 fully saturated rings. The predicted octanol–water partition coefficient (Wildman–Crippen LogP) is 2.21. The summed E-state index contributed by atoms with van der Waals surface area (Å²) in [6, 6.07) is 9.11. The molecular weight excluding hydrogens is 316 g/mol. The topological polar surface area (TPSA) is 98.5 Å². The molecule has 2 aromatic carbocycles. The molecule has 0 radical (unpaired) electrons. The molecule has 0 saturated heterocycles. The molecule has 0 aliphatic carbocycles. The molecule has 0 aliphatic rings. The van der Waals surface area contributed by atoms with Crippen molar-refractivity contribution in [2.45, 2.75) is 18.7 Å². The highest BCUT2D eigenvalue weighted by Crippen LogP contribution is 2.29. The molecule has 0 bridgehead atoms. The van der Waals surface area contributed by atoms with Crippen LogP contribution in [0.3, 0.4) is 0 Å². The Labute approximate surface area is 135 Å². The summed E-state index contributed by atoms with van der Waals surface area (Å²) < 4.78 is 32.8. The van der Waals surface area contributed by atoms with Crippen molar-refractivity contribution in [2.75, 3.05) is 11.8 Å². The Morgan fingerprint density at radius 3 is 2.17 bits per heavy atom. The van der Waals surface area contributed by atoms with Crippen LogP contribution in [0.2, 0.25) is 0 Å². The van der Waals surface area contributed by atoms with Crippen LogP contribution in [0, 0.1) is 13.8 Å². The van der Waals surface area contributed by atoms with Crippen LogP contribution in [0.15, 0.2) is 41.3 Å².